The van der Waals surface area contributed by atoms with E-state index in [-0.39, 0.29) is 0 Å². The second kappa shape index (κ2) is 8.57. The lowest BCUT2D eigenvalue weighted by Crippen LogP contribution is -2.10. The zero-order valence-electron chi connectivity index (χ0n) is 22.5. The molecule has 9 rings (SSSR count). The smallest absolute Gasteiger partial charge is 0.159 e. The number of para-hydroxylation sites is 3. The van der Waals surface area contributed by atoms with Crippen molar-refractivity contribution in [3.8, 4) is 28.3 Å². The first-order chi connectivity index (χ1) is 20.7. The molecule has 7 aromatic carbocycles. The van der Waals surface area contributed by atoms with Gasteiger partial charge in [0, 0.05) is 22.1 Å². The minimum Gasteiger partial charge on any atom is -0.454 e. The molecule has 1 aliphatic rings. The molecule has 8 aromatic rings. The first-order valence-corrected chi connectivity index (χ1v) is 14.1. The topological polar surface area (TPSA) is 40.2 Å². The van der Waals surface area contributed by atoms with E-state index < -0.39 is 0 Å². The van der Waals surface area contributed by atoms with Crippen LogP contribution in [0.15, 0.2) is 138 Å². The minimum atomic E-state index is 0.689. The van der Waals surface area contributed by atoms with Crippen LogP contribution in [0, 0.1) is 11.3 Å². The van der Waals surface area contributed by atoms with Crippen LogP contribution in [0.5, 0.6) is 0 Å². The molecule has 0 bridgehead atoms. The number of hydrogen-bond acceptors (Lipinski definition) is 3. The Morgan fingerprint density at radius 2 is 1.14 bits per heavy atom. The third-order valence-corrected chi connectivity index (χ3v) is 8.54. The highest BCUT2D eigenvalue weighted by Gasteiger charge is 2.25. The van der Waals surface area contributed by atoms with Gasteiger partial charge < -0.3 is 9.32 Å². The molecule has 0 aliphatic heterocycles. The maximum atomic E-state index is 9.34. The highest BCUT2D eigenvalue weighted by atomic mass is 16.3. The number of hydrogen-bond donors (Lipinski definition) is 0. The first-order valence-electron chi connectivity index (χ1n) is 14.1. The monoisotopic (exact) mass is 534 g/mol. The average Bonchev–Trinajstić information content (AvgIpc) is 3.43. The molecule has 0 spiro atoms. The molecule has 1 aromatic heterocycles. The molecule has 3 heteroatoms. The molecule has 0 amide bonds. The Hall–Kier alpha value is -5.85. The minimum absolute atomic E-state index is 0.689. The van der Waals surface area contributed by atoms with E-state index in [9.17, 15) is 5.26 Å². The van der Waals surface area contributed by atoms with Gasteiger partial charge in [-0.2, -0.15) is 5.26 Å². The van der Waals surface area contributed by atoms with Crippen molar-refractivity contribution in [2.75, 3.05) is 4.90 Å². The van der Waals surface area contributed by atoms with Crippen molar-refractivity contribution in [2.45, 2.75) is 0 Å². The second-order valence-electron chi connectivity index (χ2n) is 10.9. The van der Waals surface area contributed by atoms with Crippen molar-refractivity contribution >= 4 is 60.5 Å². The van der Waals surface area contributed by atoms with Crippen LogP contribution in [-0.2, 0) is 0 Å². The Morgan fingerprint density at radius 1 is 0.500 bits per heavy atom. The van der Waals surface area contributed by atoms with Gasteiger partial charge in [-0.15, -0.1) is 0 Å². The van der Waals surface area contributed by atoms with Crippen molar-refractivity contribution in [3.63, 3.8) is 0 Å². The fourth-order valence-electron chi connectivity index (χ4n) is 6.53. The third kappa shape index (κ3) is 3.27. The number of benzene rings is 7. The molecular weight excluding hydrogens is 512 g/mol. The lowest BCUT2D eigenvalue weighted by Gasteiger charge is -2.28. The summed E-state index contributed by atoms with van der Waals surface area (Å²) in [5, 5.41) is 16.2. The van der Waals surface area contributed by atoms with Gasteiger partial charge in [-0.1, -0.05) is 60.7 Å². The highest BCUT2D eigenvalue weighted by Crippen LogP contribution is 2.51. The van der Waals surface area contributed by atoms with E-state index in [4.69, 9.17) is 4.42 Å². The Kier molecular flexibility index (Phi) is 4.68. The van der Waals surface area contributed by atoms with Crippen LogP contribution >= 0.6 is 0 Å². The van der Waals surface area contributed by atoms with Gasteiger partial charge in [-0.3, -0.25) is 0 Å². The maximum absolute atomic E-state index is 9.34. The highest BCUT2D eigenvalue weighted by molar-refractivity contribution is 6.13. The summed E-state index contributed by atoms with van der Waals surface area (Å²) in [4.78, 5) is 2.29. The Morgan fingerprint density at radius 3 is 1.90 bits per heavy atom. The quantitative estimate of drug-likeness (QED) is 0.226. The average molecular weight is 535 g/mol. The van der Waals surface area contributed by atoms with Gasteiger partial charge in [-0.05, 0) is 117 Å². The fourth-order valence-corrected chi connectivity index (χ4v) is 6.53. The molecule has 42 heavy (non-hydrogen) atoms. The van der Waals surface area contributed by atoms with Gasteiger partial charge in [0.2, 0.25) is 0 Å². The molecule has 194 valence electrons. The molecule has 3 nitrogen and oxygen atoms in total. The summed E-state index contributed by atoms with van der Waals surface area (Å²) in [6.07, 6.45) is 0. The third-order valence-electron chi connectivity index (χ3n) is 8.54. The van der Waals surface area contributed by atoms with E-state index in [0.717, 1.165) is 49.8 Å². The normalized spacial score (nSPS) is 11.8. The van der Waals surface area contributed by atoms with E-state index >= 15 is 0 Å². The first kappa shape index (κ1) is 22.9. The molecule has 0 fully saturated rings. The van der Waals surface area contributed by atoms with Crippen molar-refractivity contribution in [1.82, 2.24) is 0 Å². The van der Waals surface area contributed by atoms with Crippen LogP contribution in [0.2, 0.25) is 0 Å². The molecule has 0 saturated carbocycles. The van der Waals surface area contributed by atoms with Crippen LogP contribution in [0.25, 0.3) is 65.7 Å². The maximum Gasteiger partial charge on any atom is 0.159 e. The number of nitriles is 1. The molecule has 1 heterocycles. The van der Waals surface area contributed by atoms with Gasteiger partial charge in [-0.25, -0.2) is 0 Å². The summed E-state index contributed by atoms with van der Waals surface area (Å²) in [5.41, 5.74) is 10.7. The summed E-state index contributed by atoms with van der Waals surface area (Å²) in [6.45, 7) is 0. The largest absolute Gasteiger partial charge is 0.454 e. The van der Waals surface area contributed by atoms with Gasteiger partial charge in [0.05, 0.1) is 17.3 Å². The van der Waals surface area contributed by atoms with Crippen LogP contribution in [0.4, 0.5) is 17.1 Å². The zero-order chi connectivity index (χ0) is 27.8. The standard InChI is InChI=1S/C39H22N2O/c40-23-24-13-14-25-19-33-35(21-27(25)17-24)34-20-26-15-16-30(18-28(26)22-36(33)34)41(29-7-2-1-3-8-29)37-11-6-10-32-31-9-4-5-12-38(31)42-39(32)37/h1-22H. The van der Waals surface area contributed by atoms with E-state index in [2.05, 4.69) is 108 Å². The Bertz CT molecular complexity index is 2430. The van der Waals surface area contributed by atoms with E-state index in [0.29, 0.717) is 5.56 Å². The number of anilines is 3. The van der Waals surface area contributed by atoms with Gasteiger partial charge in [0.15, 0.2) is 5.58 Å². The van der Waals surface area contributed by atoms with Crippen LogP contribution in [-0.4, -0.2) is 0 Å². The number of rotatable bonds is 3. The van der Waals surface area contributed by atoms with E-state index in [1.54, 1.807) is 0 Å². The molecule has 0 unspecified atom stereocenters. The van der Waals surface area contributed by atoms with Crippen molar-refractivity contribution in [3.05, 3.63) is 139 Å². The number of fused-ring (bicyclic) bond motifs is 9. The fraction of sp³-hybridized carbons (Fsp3) is 0. The summed E-state index contributed by atoms with van der Waals surface area (Å²) in [6, 6.07) is 49.0. The van der Waals surface area contributed by atoms with Gasteiger partial charge in [0.1, 0.15) is 5.58 Å². The Labute approximate surface area is 242 Å². The van der Waals surface area contributed by atoms with Crippen molar-refractivity contribution in [1.29, 1.82) is 5.26 Å². The summed E-state index contributed by atoms with van der Waals surface area (Å²) in [5.74, 6) is 0. The summed E-state index contributed by atoms with van der Waals surface area (Å²) < 4.78 is 6.47. The van der Waals surface area contributed by atoms with Gasteiger partial charge in [0.25, 0.3) is 0 Å². The van der Waals surface area contributed by atoms with Crippen molar-refractivity contribution < 1.29 is 4.42 Å². The van der Waals surface area contributed by atoms with Crippen LogP contribution < -0.4 is 4.90 Å². The van der Waals surface area contributed by atoms with Crippen molar-refractivity contribution in [2.24, 2.45) is 0 Å². The molecular formula is C39H22N2O. The number of nitrogens with zero attached hydrogens (tertiary/aromatic N) is 2. The Balaban J connectivity index is 1.22. The predicted molar refractivity (Wildman–Crippen MR) is 173 cm³/mol. The van der Waals surface area contributed by atoms with Crippen LogP contribution in [0.1, 0.15) is 5.56 Å². The zero-order valence-corrected chi connectivity index (χ0v) is 22.5. The molecule has 0 radical (unpaired) electrons. The molecule has 0 N–H and O–H groups in total. The number of furan rings is 1. The summed E-state index contributed by atoms with van der Waals surface area (Å²) >= 11 is 0. The SMILES string of the molecule is N#Cc1ccc2cc3c(cc2c1)-c1cc2ccc(N(c4ccccc4)c4cccc5c4oc4ccccc45)cc2cc1-3. The summed E-state index contributed by atoms with van der Waals surface area (Å²) in [7, 11) is 0. The lowest BCUT2D eigenvalue weighted by molar-refractivity contribution is 0.669. The van der Waals surface area contributed by atoms with E-state index in [1.165, 1.54) is 33.0 Å². The predicted octanol–water partition coefficient (Wildman–Crippen LogP) is 10.9. The molecule has 0 saturated heterocycles. The van der Waals surface area contributed by atoms with E-state index in [1.807, 2.05) is 36.4 Å². The lowest BCUT2D eigenvalue weighted by atomic mass is 9.78. The van der Waals surface area contributed by atoms with Crippen LogP contribution in [0.3, 0.4) is 0 Å². The van der Waals surface area contributed by atoms with Gasteiger partial charge >= 0.3 is 0 Å². The molecule has 0 atom stereocenters. The molecule has 1 aliphatic carbocycles. The second-order valence-corrected chi connectivity index (χ2v) is 10.9.